The van der Waals surface area contributed by atoms with Crippen LogP contribution in [-0.2, 0) is 6.54 Å². The van der Waals surface area contributed by atoms with Crippen molar-refractivity contribution in [2.75, 3.05) is 19.3 Å². The maximum atomic E-state index is 9.77. The molecule has 0 bridgehead atoms. The zero-order valence-corrected chi connectivity index (χ0v) is 13.9. The summed E-state index contributed by atoms with van der Waals surface area (Å²) in [6, 6.07) is 8.26. The summed E-state index contributed by atoms with van der Waals surface area (Å²) < 4.78 is 5.84. The number of hydrogen-bond donors (Lipinski definition) is 1. The van der Waals surface area contributed by atoms with Crippen LogP contribution in [0.1, 0.15) is 24.3 Å². The van der Waals surface area contributed by atoms with Crippen molar-refractivity contribution in [3.05, 3.63) is 35.7 Å². The molecule has 22 heavy (non-hydrogen) atoms. The van der Waals surface area contributed by atoms with Gasteiger partial charge < -0.3 is 9.52 Å². The molecule has 5 heteroatoms. The molecule has 2 heterocycles. The fraction of sp³-hybridized carbons (Fsp3) is 0.471. The Morgan fingerprint density at radius 2 is 2.14 bits per heavy atom. The van der Waals surface area contributed by atoms with Gasteiger partial charge in [0.2, 0.25) is 5.89 Å². The summed E-state index contributed by atoms with van der Waals surface area (Å²) in [6.07, 6.45) is 3.80. The third-order valence-corrected chi connectivity index (χ3v) is 4.83. The molecule has 0 unspecified atom stereocenters. The minimum Gasteiger partial charge on any atom is -0.441 e. The van der Waals surface area contributed by atoms with Gasteiger partial charge in [0.25, 0.3) is 0 Å². The number of hydrogen-bond acceptors (Lipinski definition) is 5. The molecule has 0 saturated carbocycles. The molecule has 1 fully saturated rings. The van der Waals surface area contributed by atoms with Gasteiger partial charge in [0.1, 0.15) is 5.76 Å². The van der Waals surface area contributed by atoms with Crippen LogP contribution < -0.4 is 0 Å². The van der Waals surface area contributed by atoms with E-state index in [1.807, 2.05) is 19.1 Å². The van der Waals surface area contributed by atoms with Crippen LogP contribution in [0.3, 0.4) is 0 Å². The van der Waals surface area contributed by atoms with Gasteiger partial charge in [-0.05, 0) is 56.8 Å². The molecule has 4 nitrogen and oxygen atoms in total. The summed E-state index contributed by atoms with van der Waals surface area (Å²) >= 11 is 1.72. The molecule has 0 radical (unpaired) electrons. The van der Waals surface area contributed by atoms with Crippen molar-refractivity contribution in [3.8, 4) is 11.5 Å². The number of aliphatic hydroxyl groups excluding tert-OH is 1. The van der Waals surface area contributed by atoms with Crippen LogP contribution in [0.5, 0.6) is 0 Å². The van der Waals surface area contributed by atoms with Crippen LogP contribution in [0.15, 0.2) is 33.6 Å². The van der Waals surface area contributed by atoms with Crippen molar-refractivity contribution in [2.45, 2.75) is 37.3 Å². The Morgan fingerprint density at radius 3 is 2.82 bits per heavy atom. The molecule has 0 spiro atoms. The van der Waals surface area contributed by atoms with Crippen molar-refractivity contribution in [1.82, 2.24) is 9.88 Å². The number of aromatic nitrogens is 1. The van der Waals surface area contributed by atoms with E-state index in [2.05, 4.69) is 28.3 Å². The predicted molar refractivity (Wildman–Crippen MR) is 89.0 cm³/mol. The summed E-state index contributed by atoms with van der Waals surface area (Å²) in [5, 5.41) is 9.77. The molecule has 118 valence electrons. The standard InChI is InChI=1S/C17H22N2O2S/c1-12-16(11-19-9-3-4-14(20)10-19)18-17(21-12)13-5-7-15(22-2)8-6-13/h5-8,14,20H,3-4,9-11H2,1-2H3/t14-/m1/s1. The second kappa shape index (κ2) is 6.86. The number of piperidine rings is 1. The highest BCUT2D eigenvalue weighted by Crippen LogP contribution is 2.25. The van der Waals surface area contributed by atoms with E-state index < -0.39 is 0 Å². The lowest BCUT2D eigenvalue weighted by Crippen LogP contribution is -2.37. The van der Waals surface area contributed by atoms with Crippen LogP contribution in [0.25, 0.3) is 11.5 Å². The smallest absolute Gasteiger partial charge is 0.226 e. The Kier molecular flexibility index (Phi) is 4.86. The van der Waals surface area contributed by atoms with Gasteiger partial charge in [0, 0.05) is 23.5 Å². The Bertz CT molecular complexity index is 624. The van der Waals surface area contributed by atoms with Crippen molar-refractivity contribution in [3.63, 3.8) is 0 Å². The van der Waals surface area contributed by atoms with Gasteiger partial charge in [-0.1, -0.05) is 0 Å². The molecule has 2 aromatic rings. The highest BCUT2D eigenvalue weighted by Gasteiger charge is 2.20. The van der Waals surface area contributed by atoms with Gasteiger partial charge in [-0.3, -0.25) is 4.90 Å². The molecular weight excluding hydrogens is 296 g/mol. The quantitative estimate of drug-likeness (QED) is 0.876. The summed E-state index contributed by atoms with van der Waals surface area (Å²) in [4.78, 5) is 8.14. The van der Waals surface area contributed by atoms with Crippen LogP contribution in [0.2, 0.25) is 0 Å². The summed E-state index contributed by atoms with van der Waals surface area (Å²) in [6.45, 7) is 4.45. The molecule has 0 aliphatic carbocycles. The number of thioether (sulfide) groups is 1. The second-order valence-corrected chi connectivity index (χ2v) is 6.66. The van der Waals surface area contributed by atoms with Crippen LogP contribution >= 0.6 is 11.8 Å². The van der Waals surface area contributed by atoms with E-state index >= 15 is 0 Å². The molecular formula is C17H22N2O2S. The highest BCUT2D eigenvalue weighted by molar-refractivity contribution is 7.98. The van der Waals surface area contributed by atoms with E-state index in [-0.39, 0.29) is 6.10 Å². The van der Waals surface area contributed by atoms with Gasteiger partial charge in [-0.2, -0.15) is 0 Å². The maximum Gasteiger partial charge on any atom is 0.226 e. The zero-order valence-electron chi connectivity index (χ0n) is 13.1. The van der Waals surface area contributed by atoms with E-state index in [4.69, 9.17) is 4.42 Å². The van der Waals surface area contributed by atoms with Gasteiger partial charge in [0.15, 0.2) is 0 Å². The van der Waals surface area contributed by atoms with Crippen molar-refractivity contribution < 1.29 is 9.52 Å². The summed E-state index contributed by atoms with van der Waals surface area (Å²) in [5.74, 6) is 1.54. The number of likely N-dealkylation sites (tertiary alicyclic amines) is 1. The van der Waals surface area contributed by atoms with Crippen molar-refractivity contribution >= 4 is 11.8 Å². The normalized spacial score (nSPS) is 19.5. The van der Waals surface area contributed by atoms with Crippen LogP contribution in [0, 0.1) is 6.92 Å². The minimum atomic E-state index is -0.209. The summed E-state index contributed by atoms with van der Waals surface area (Å²) in [5.41, 5.74) is 1.98. The number of rotatable bonds is 4. The Labute approximate surface area is 135 Å². The van der Waals surface area contributed by atoms with Crippen LogP contribution in [-0.4, -0.2) is 40.4 Å². The molecule has 0 amide bonds. The summed E-state index contributed by atoms with van der Waals surface area (Å²) in [7, 11) is 0. The number of oxazole rings is 1. The lowest BCUT2D eigenvalue weighted by molar-refractivity contribution is 0.0660. The molecule has 1 atom stereocenters. The maximum absolute atomic E-state index is 9.77. The fourth-order valence-electron chi connectivity index (χ4n) is 2.82. The van der Waals surface area contributed by atoms with Gasteiger partial charge in [-0.15, -0.1) is 11.8 Å². The first-order valence-corrected chi connectivity index (χ1v) is 8.89. The molecule has 1 aliphatic rings. The molecule has 1 N–H and O–H groups in total. The SMILES string of the molecule is CSc1ccc(-c2nc(CN3CCC[C@@H](O)C3)c(C)o2)cc1. The topological polar surface area (TPSA) is 49.5 Å². The van der Waals surface area contributed by atoms with Crippen molar-refractivity contribution in [2.24, 2.45) is 0 Å². The second-order valence-electron chi connectivity index (χ2n) is 5.78. The lowest BCUT2D eigenvalue weighted by Gasteiger charge is -2.29. The average molecular weight is 318 g/mol. The predicted octanol–water partition coefficient (Wildman–Crippen LogP) is 3.33. The first-order valence-electron chi connectivity index (χ1n) is 7.67. The molecule has 1 aliphatic heterocycles. The first kappa shape index (κ1) is 15.6. The monoisotopic (exact) mass is 318 g/mol. The van der Waals surface area contributed by atoms with E-state index in [9.17, 15) is 5.11 Å². The number of aliphatic hydroxyl groups is 1. The third-order valence-electron chi connectivity index (χ3n) is 4.08. The van der Waals surface area contributed by atoms with Gasteiger partial charge >= 0.3 is 0 Å². The van der Waals surface area contributed by atoms with Gasteiger partial charge in [-0.25, -0.2) is 4.98 Å². The molecule has 1 saturated heterocycles. The fourth-order valence-corrected chi connectivity index (χ4v) is 3.23. The van der Waals surface area contributed by atoms with Gasteiger partial charge in [0.05, 0.1) is 11.8 Å². The third kappa shape index (κ3) is 3.54. The van der Waals surface area contributed by atoms with E-state index in [1.54, 1.807) is 11.8 Å². The first-order chi connectivity index (χ1) is 10.7. The lowest BCUT2D eigenvalue weighted by atomic mass is 10.1. The average Bonchev–Trinajstić information content (AvgIpc) is 2.88. The van der Waals surface area contributed by atoms with E-state index in [0.717, 1.165) is 49.5 Å². The van der Waals surface area contributed by atoms with E-state index in [1.165, 1.54) is 4.90 Å². The number of nitrogens with zero attached hydrogens (tertiary/aromatic N) is 2. The zero-order chi connectivity index (χ0) is 15.5. The Hall–Kier alpha value is -1.30. The number of β-amino-alcohol motifs (C(OH)–C–C–N with tert-alkyl or cyclic N) is 1. The van der Waals surface area contributed by atoms with Crippen molar-refractivity contribution in [1.29, 1.82) is 0 Å². The molecule has 3 rings (SSSR count). The molecule has 1 aromatic carbocycles. The van der Waals surface area contributed by atoms with E-state index in [0.29, 0.717) is 5.89 Å². The minimum absolute atomic E-state index is 0.209. The number of benzene rings is 1. The molecule has 1 aromatic heterocycles. The highest BCUT2D eigenvalue weighted by atomic mass is 32.2. The van der Waals surface area contributed by atoms with Crippen LogP contribution in [0.4, 0.5) is 0 Å². The largest absolute Gasteiger partial charge is 0.441 e. The Morgan fingerprint density at radius 1 is 1.36 bits per heavy atom. The number of aryl methyl sites for hydroxylation is 1. The Balaban J connectivity index is 1.75.